The van der Waals surface area contributed by atoms with Crippen molar-refractivity contribution in [1.82, 2.24) is 0 Å². The minimum Gasteiger partial charge on any atom is -0.493 e. The molecule has 6 nitrogen and oxygen atoms in total. The molecule has 0 N–H and O–H groups in total. The minimum atomic E-state index is -3.53. The number of hydrogen-bond donors (Lipinski definition) is 0. The van der Waals surface area contributed by atoms with Crippen molar-refractivity contribution in [3.05, 3.63) is 58.7 Å². The highest BCUT2D eigenvalue weighted by Crippen LogP contribution is 2.47. The van der Waals surface area contributed by atoms with Gasteiger partial charge in [-0.05, 0) is 31.9 Å². The number of fused-ring (bicyclic) bond motifs is 3. The Morgan fingerprint density at radius 3 is 2.62 bits per heavy atom. The van der Waals surface area contributed by atoms with E-state index in [-0.39, 0.29) is 18.2 Å². The van der Waals surface area contributed by atoms with E-state index in [0.29, 0.717) is 12.2 Å². The van der Waals surface area contributed by atoms with Gasteiger partial charge in [0, 0.05) is 23.1 Å². The number of aliphatic imine (C=N–C) groups is 1. The number of nitrogens with zero attached hydrogens (tertiary/aromatic N) is 1. The van der Waals surface area contributed by atoms with Gasteiger partial charge in [0.2, 0.25) is 0 Å². The van der Waals surface area contributed by atoms with Crippen LogP contribution in [0.25, 0.3) is 0 Å². The molecular formula is C22H25NO5S. The fourth-order valence-electron chi connectivity index (χ4n) is 4.04. The molecule has 2 aromatic rings. The second-order valence-electron chi connectivity index (χ2n) is 8.15. The molecule has 1 unspecified atom stereocenters. The molecule has 7 heteroatoms. The van der Waals surface area contributed by atoms with Crippen molar-refractivity contribution < 1.29 is 22.1 Å². The van der Waals surface area contributed by atoms with Gasteiger partial charge < -0.3 is 9.47 Å². The molecule has 0 saturated carbocycles. The summed E-state index contributed by atoms with van der Waals surface area (Å²) in [6.07, 6.45) is 2.38. The number of rotatable bonds is 5. The van der Waals surface area contributed by atoms with E-state index in [1.165, 1.54) is 0 Å². The van der Waals surface area contributed by atoms with Crippen LogP contribution in [-0.4, -0.2) is 45.7 Å². The third-order valence-electron chi connectivity index (χ3n) is 5.15. The summed E-state index contributed by atoms with van der Waals surface area (Å²) >= 11 is 0. The lowest BCUT2D eigenvalue weighted by atomic mass is 9.84. The standard InChI is InChI=1S/C22H25NO5S/c1-22(2)12-17-19-15(11-18(26-3)21(17)28-22)10-16(13-27-29(4,24)25)23-20(19)14-8-6-5-7-9-14/h5-9,11,16H,10,12-13H2,1-4H3. The van der Waals surface area contributed by atoms with Gasteiger partial charge in [-0.15, -0.1) is 0 Å². The molecule has 2 heterocycles. The molecule has 0 fully saturated rings. The second kappa shape index (κ2) is 7.15. The normalized spacial score (nSPS) is 19.7. The van der Waals surface area contributed by atoms with Crippen LogP contribution in [0, 0.1) is 0 Å². The largest absolute Gasteiger partial charge is 0.493 e. The Hall–Kier alpha value is -2.38. The van der Waals surface area contributed by atoms with Crippen LogP contribution >= 0.6 is 0 Å². The topological polar surface area (TPSA) is 74.2 Å². The van der Waals surface area contributed by atoms with E-state index in [1.54, 1.807) is 7.11 Å². The quantitative estimate of drug-likeness (QED) is 0.702. The zero-order valence-electron chi connectivity index (χ0n) is 17.1. The predicted molar refractivity (Wildman–Crippen MR) is 112 cm³/mol. The van der Waals surface area contributed by atoms with Gasteiger partial charge in [-0.25, -0.2) is 0 Å². The molecule has 0 aliphatic carbocycles. The van der Waals surface area contributed by atoms with Crippen molar-refractivity contribution in [1.29, 1.82) is 0 Å². The molecule has 154 valence electrons. The Balaban J connectivity index is 1.86. The highest BCUT2D eigenvalue weighted by atomic mass is 32.2. The molecule has 2 aliphatic heterocycles. The summed E-state index contributed by atoms with van der Waals surface area (Å²) in [6.45, 7) is 4.13. The molecule has 0 spiro atoms. The lowest BCUT2D eigenvalue weighted by Gasteiger charge is -2.26. The van der Waals surface area contributed by atoms with E-state index in [0.717, 1.165) is 46.4 Å². The van der Waals surface area contributed by atoms with Crippen molar-refractivity contribution in [2.24, 2.45) is 4.99 Å². The first-order valence-corrected chi connectivity index (χ1v) is 11.4. The SMILES string of the molecule is COc1cc2c(c3c1OC(C)(C)C3)C(c1ccccc1)=NC(COS(C)(=O)=O)C2. The van der Waals surface area contributed by atoms with Crippen molar-refractivity contribution in [2.75, 3.05) is 20.0 Å². The van der Waals surface area contributed by atoms with Gasteiger partial charge in [-0.1, -0.05) is 30.3 Å². The lowest BCUT2D eigenvalue weighted by molar-refractivity contribution is 0.134. The third-order valence-corrected chi connectivity index (χ3v) is 5.72. The molecule has 2 aliphatic rings. The Labute approximate surface area is 171 Å². The predicted octanol–water partition coefficient (Wildman–Crippen LogP) is 3.15. The maximum absolute atomic E-state index is 11.5. The van der Waals surface area contributed by atoms with Crippen LogP contribution in [-0.2, 0) is 27.1 Å². The molecule has 2 aromatic carbocycles. The molecular weight excluding hydrogens is 390 g/mol. The first-order chi connectivity index (χ1) is 13.7. The van der Waals surface area contributed by atoms with Crippen LogP contribution in [0.15, 0.2) is 41.4 Å². The van der Waals surface area contributed by atoms with E-state index >= 15 is 0 Å². The van der Waals surface area contributed by atoms with Gasteiger partial charge in [0.15, 0.2) is 11.5 Å². The first kappa shape index (κ1) is 19.9. The van der Waals surface area contributed by atoms with Crippen LogP contribution in [0.3, 0.4) is 0 Å². The van der Waals surface area contributed by atoms with E-state index in [4.69, 9.17) is 18.6 Å². The maximum atomic E-state index is 11.5. The number of benzene rings is 2. The average molecular weight is 416 g/mol. The van der Waals surface area contributed by atoms with Gasteiger partial charge >= 0.3 is 0 Å². The lowest BCUT2D eigenvalue weighted by Crippen LogP contribution is -2.28. The van der Waals surface area contributed by atoms with Gasteiger partial charge in [-0.2, -0.15) is 8.42 Å². The van der Waals surface area contributed by atoms with E-state index in [9.17, 15) is 8.42 Å². The van der Waals surface area contributed by atoms with Gasteiger partial charge in [0.05, 0.1) is 31.7 Å². The average Bonchev–Trinajstić information content (AvgIpc) is 3.00. The summed E-state index contributed by atoms with van der Waals surface area (Å²) in [5.41, 5.74) is 4.72. The van der Waals surface area contributed by atoms with Crippen molar-refractivity contribution in [3.63, 3.8) is 0 Å². The second-order valence-corrected chi connectivity index (χ2v) is 9.79. The van der Waals surface area contributed by atoms with Crippen LogP contribution in [0.1, 0.15) is 36.1 Å². The van der Waals surface area contributed by atoms with Crippen LogP contribution in [0.2, 0.25) is 0 Å². The van der Waals surface area contributed by atoms with E-state index in [1.807, 2.05) is 36.4 Å². The summed E-state index contributed by atoms with van der Waals surface area (Å²) < 4.78 is 39.9. The summed E-state index contributed by atoms with van der Waals surface area (Å²) in [4.78, 5) is 4.91. The third kappa shape index (κ3) is 4.02. The number of methoxy groups -OCH3 is 1. The molecule has 0 bridgehead atoms. The Bertz CT molecular complexity index is 1070. The van der Waals surface area contributed by atoms with Crippen LogP contribution in [0.5, 0.6) is 11.5 Å². The van der Waals surface area contributed by atoms with Crippen molar-refractivity contribution >= 4 is 15.8 Å². The molecule has 4 rings (SSSR count). The zero-order chi connectivity index (χ0) is 20.8. The minimum absolute atomic E-state index is 0.00992. The van der Waals surface area contributed by atoms with Crippen molar-refractivity contribution in [3.8, 4) is 11.5 Å². The molecule has 1 atom stereocenters. The van der Waals surface area contributed by atoms with Crippen LogP contribution in [0.4, 0.5) is 0 Å². The van der Waals surface area contributed by atoms with Crippen molar-refractivity contribution in [2.45, 2.75) is 38.3 Å². The fourth-order valence-corrected chi connectivity index (χ4v) is 4.44. The molecule has 0 radical (unpaired) electrons. The summed E-state index contributed by atoms with van der Waals surface area (Å²) in [6, 6.07) is 11.6. The summed E-state index contributed by atoms with van der Waals surface area (Å²) in [5, 5.41) is 0. The monoisotopic (exact) mass is 415 g/mol. The molecule has 29 heavy (non-hydrogen) atoms. The van der Waals surface area contributed by atoms with Gasteiger partial charge in [-0.3, -0.25) is 9.18 Å². The molecule has 0 aromatic heterocycles. The Morgan fingerprint density at radius 1 is 1.24 bits per heavy atom. The van der Waals surface area contributed by atoms with E-state index < -0.39 is 10.1 Å². The Kier molecular flexibility index (Phi) is 4.91. The highest BCUT2D eigenvalue weighted by Gasteiger charge is 2.38. The fraction of sp³-hybridized carbons (Fsp3) is 0.409. The first-order valence-electron chi connectivity index (χ1n) is 9.56. The maximum Gasteiger partial charge on any atom is 0.264 e. The molecule has 0 amide bonds. The molecule has 0 saturated heterocycles. The summed E-state index contributed by atoms with van der Waals surface area (Å²) in [5.74, 6) is 1.46. The van der Waals surface area contributed by atoms with E-state index in [2.05, 4.69) is 13.8 Å². The smallest absolute Gasteiger partial charge is 0.264 e. The van der Waals surface area contributed by atoms with Gasteiger partial charge in [0.25, 0.3) is 10.1 Å². The van der Waals surface area contributed by atoms with Gasteiger partial charge in [0.1, 0.15) is 5.60 Å². The zero-order valence-corrected chi connectivity index (χ0v) is 17.9. The van der Waals surface area contributed by atoms with Crippen LogP contribution < -0.4 is 9.47 Å². The highest BCUT2D eigenvalue weighted by molar-refractivity contribution is 7.85. The summed E-state index contributed by atoms with van der Waals surface area (Å²) in [7, 11) is -1.90. The number of ether oxygens (including phenoxy) is 2. The number of hydrogen-bond acceptors (Lipinski definition) is 6. The Morgan fingerprint density at radius 2 is 1.97 bits per heavy atom.